The summed E-state index contributed by atoms with van der Waals surface area (Å²) in [7, 11) is 0. The molecule has 0 atom stereocenters. The Morgan fingerprint density at radius 1 is 1.43 bits per heavy atom. The van der Waals surface area contributed by atoms with Crippen LogP contribution < -0.4 is 4.74 Å². The highest BCUT2D eigenvalue weighted by molar-refractivity contribution is 5.42. The molecule has 0 spiro atoms. The fourth-order valence-electron chi connectivity index (χ4n) is 0.977. The third-order valence-corrected chi connectivity index (χ3v) is 1.67. The summed E-state index contributed by atoms with van der Waals surface area (Å²) in [6.45, 7) is -1.73. The van der Waals surface area contributed by atoms with Crippen molar-refractivity contribution in [3.63, 3.8) is 0 Å². The van der Waals surface area contributed by atoms with Crippen LogP contribution in [0.5, 0.6) is 5.75 Å². The molecule has 0 saturated carbocycles. The maximum absolute atomic E-state index is 13.2. The second kappa shape index (κ2) is 4.01. The van der Waals surface area contributed by atoms with Crippen molar-refractivity contribution in [1.82, 2.24) is 0 Å². The molecule has 0 aliphatic heterocycles. The highest BCUT2D eigenvalue weighted by Gasteiger charge is 2.13. The average molecular weight is 201 g/mol. The molecule has 0 saturated heterocycles. The second-order valence-corrected chi connectivity index (χ2v) is 2.54. The lowest BCUT2D eigenvalue weighted by molar-refractivity contribution is -0.0504. The van der Waals surface area contributed by atoms with Gasteiger partial charge in [-0.1, -0.05) is 0 Å². The molecule has 0 bridgehead atoms. The van der Waals surface area contributed by atoms with E-state index >= 15 is 0 Å². The van der Waals surface area contributed by atoms with E-state index < -0.39 is 12.4 Å². The minimum atomic E-state index is -3.00. The van der Waals surface area contributed by atoms with Crippen LogP contribution in [0.15, 0.2) is 12.1 Å². The van der Waals surface area contributed by atoms with Gasteiger partial charge in [0.15, 0.2) is 0 Å². The number of alkyl halides is 2. The molecule has 0 N–H and O–H groups in total. The van der Waals surface area contributed by atoms with Crippen LogP contribution in [0.2, 0.25) is 0 Å². The van der Waals surface area contributed by atoms with E-state index in [0.717, 1.165) is 12.1 Å². The van der Waals surface area contributed by atoms with Gasteiger partial charge in [0, 0.05) is 5.56 Å². The van der Waals surface area contributed by atoms with Gasteiger partial charge in [0.1, 0.15) is 17.6 Å². The zero-order valence-electron chi connectivity index (χ0n) is 7.22. The predicted molar refractivity (Wildman–Crippen MR) is 42.5 cm³/mol. The Balaban J connectivity index is 3.12. The number of ether oxygens (including phenoxy) is 1. The SMILES string of the molecule is Cc1c(OC(F)F)ccc(C#N)c1F. The third-order valence-electron chi connectivity index (χ3n) is 1.67. The van der Waals surface area contributed by atoms with Crippen molar-refractivity contribution < 1.29 is 17.9 Å². The van der Waals surface area contributed by atoms with Crippen molar-refractivity contribution in [3.8, 4) is 11.8 Å². The first-order chi connectivity index (χ1) is 6.56. The van der Waals surface area contributed by atoms with Crippen LogP contribution in [0.3, 0.4) is 0 Å². The van der Waals surface area contributed by atoms with Crippen LogP contribution in [-0.2, 0) is 0 Å². The van der Waals surface area contributed by atoms with Crippen LogP contribution in [-0.4, -0.2) is 6.61 Å². The number of nitrogens with zero attached hydrogens (tertiary/aromatic N) is 1. The van der Waals surface area contributed by atoms with E-state index in [9.17, 15) is 13.2 Å². The number of rotatable bonds is 2. The number of halogens is 3. The molecule has 14 heavy (non-hydrogen) atoms. The van der Waals surface area contributed by atoms with Crippen molar-refractivity contribution in [3.05, 3.63) is 29.1 Å². The molecule has 74 valence electrons. The van der Waals surface area contributed by atoms with Gasteiger partial charge in [0.05, 0.1) is 5.56 Å². The largest absolute Gasteiger partial charge is 0.434 e. The van der Waals surface area contributed by atoms with E-state index in [1.807, 2.05) is 0 Å². The average Bonchev–Trinajstić information content (AvgIpc) is 2.13. The Bertz CT molecular complexity index is 384. The minimum Gasteiger partial charge on any atom is -0.434 e. The van der Waals surface area contributed by atoms with Gasteiger partial charge in [-0.05, 0) is 19.1 Å². The van der Waals surface area contributed by atoms with Crippen LogP contribution in [0.1, 0.15) is 11.1 Å². The van der Waals surface area contributed by atoms with Crippen molar-refractivity contribution in [2.75, 3.05) is 0 Å². The molecule has 5 heteroatoms. The van der Waals surface area contributed by atoms with Gasteiger partial charge in [-0.25, -0.2) is 4.39 Å². The standard InChI is InChI=1S/C9H6F3NO/c1-5-7(14-9(11)12)3-2-6(4-13)8(5)10/h2-3,9H,1H3. The van der Waals surface area contributed by atoms with E-state index in [-0.39, 0.29) is 16.9 Å². The molecule has 0 unspecified atom stereocenters. The normalized spacial score (nSPS) is 10.0. The van der Waals surface area contributed by atoms with Crippen LogP contribution in [0.4, 0.5) is 13.2 Å². The lowest BCUT2D eigenvalue weighted by atomic mass is 10.1. The van der Waals surface area contributed by atoms with Crippen LogP contribution >= 0.6 is 0 Å². The number of hydrogen-bond acceptors (Lipinski definition) is 2. The van der Waals surface area contributed by atoms with E-state index in [4.69, 9.17) is 5.26 Å². The van der Waals surface area contributed by atoms with Crippen LogP contribution in [0, 0.1) is 24.1 Å². The van der Waals surface area contributed by atoms with Gasteiger partial charge in [-0.3, -0.25) is 0 Å². The summed E-state index contributed by atoms with van der Waals surface area (Å²) in [6.07, 6.45) is 0. The molecular weight excluding hydrogens is 195 g/mol. The Morgan fingerprint density at radius 3 is 2.57 bits per heavy atom. The van der Waals surface area contributed by atoms with E-state index in [1.165, 1.54) is 6.92 Å². The van der Waals surface area contributed by atoms with Crippen molar-refractivity contribution >= 4 is 0 Å². The molecule has 1 aromatic rings. The van der Waals surface area contributed by atoms with Gasteiger partial charge >= 0.3 is 6.61 Å². The van der Waals surface area contributed by atoms with E-state index in [1.54, 1.807) is 6.07 Å². The van der Waals surface area contributed by atoms with Crippen molar-refractivity contribution in [2.45, 2.75) is 13.5 Å². The summed E-state index contributed by atoms with van der Waals surface area (Å²) < 4.78 is 40.8. The highest BCUT2D eigenvalue weighted by atomic mass is 19.3. The van der Waals surface area contributed by atoms with Gasteiger partial charge in [-0.15, -0.1) is 0 Å². The summed E-state index contributed by atoms with van der Waals surface area (Å²) in [5.41, 5.74) is -0.284. The Labute approximate surface area is 78.5 Å². The first kappa shape index (κ1) is 10.4. The van der Waals surface area contributed by atoms with E-state index in [0.29, 0.717) is 0 Å². The zero-order chi connectivity index (χ0) is 10.7. The minimum absolute atomic E-state index is 0.0932. The molecule has 0 heterocycles. The molecular formula is C9H6F3NO. The summed E-state index contributed by atoms with van der Waals surface area (Å²) in [5.74, 6) is -1.08. The Hall–Kier alpha value is -1.70. The monoisotopic (exact) mass is 201 g/mol. The molecule has 0 aliphatic rings. The topological polar surface area (TPSA) is 33.0 Å². The fourth-order valence-corrected chi connectivity index (χ4v) is 0.977. The van der Waals surface area contributed by atoms with Gasteiger partial charge in [0.25, 0.3) is 0 Å². The summed E-state index contributed by atoms with van der Waals surface area (Å²) in [6, 6.07) is 3.84. The van der Waals surface area contributed by atoms with Crippen molar-refractivity contribution in [2.24, 2.45) is 0 Å². The summed E-state index contributed by atoms with van der Waals surface area (Å²) in [5, 5.41) is 8.44. The first-order valence-corrected chi connectivity index (χ1v) is 3.70. The lowest BCUT2D eigenvalue weighted by Gasteiger charge is -2.08. The van der Waals surface area contributed by atoms with E-state index in [2.05, 4.69) is 4.74 Å². The smallest absolute Gasteiger partial charge is 0.387 e. The molecule has 2 nitrogen and oxygen atoms in total. The second-order valence-electron chi connectivity index (χ2n) is 2.54. The first-order valence-electron chi connectivity index (χ1n) is 3.70. The third kappa shape index (κ3) is 1.96. The van der Waals surface area contributed by atoms with Crippen molar-refractivity contribution in [1.29, 1.82) is 5.26 Å². The summed E-state index contributed by atoms with van der Waals surface area (Å²) >= 11 is 0. The molecule has 0 amide bonds. The number of nitriles is 1. The summed E-state index contributed by atoms with van der Waals surface area (Å²) in [4.78, 5) is 0. The predicted octanol–water partition coefficient (Wildman–Crippen LogP) is 2.61. The number of hydrogen-bond donors (Lipinski definition) is 0. The Kier molecular flexibility index (Phi) is 2.97. The maximum Gasteiger partial charge on any atom is 0.387 e. The van der Waals surface area contributed by atoms with Gasteiger partial charge in [-0.2, -0.15) is 14.0 Å². The molecule has 0 fully saturated rings. The molecule has 1 aromatic carbocycles. The molecule has 1 rings (SSSR count). The fraction of sp³-hybridized carbons (Fsp3) is 0.222. The Morgan fingerprint density at radius 2 is 2.07 bits per heavy atom. The lowest BCUT2D eigenvalue weighted by Crippen LogP contribution is -2.04. The molecule has 0 aromatic heterocycles. The number of benzene rings is 1. The van der Waals surface area contributed by atoms with Crippen LogP contribution in [0.25, 0.3) is 0 Å². The quantitative estimate of drug-likeness (QED) is 0.736. The highest BCUT2D eigenvalue weighted by Crippen LogP contribution is 2.24. The zero-order valence-corrected chi connectivity index (χ0v) is 7.22. The molecule has 0 radical (unpaired) electrons. The van der Waals surface area contributed by atoms with Gasteiger partial charge in [0.2, 0.25) is 0 Å². The van der Waals surface area contributed by atoms with Gasteiger partial charge < -0.3 is 4.74 Å². The molecule has 0 aliphatic carbocycles. The maximum atomic E-state index is 13.2.